The standard InChI is InChI=1S/C15H18FNS/c1-10(2)15(17-3)14-9-8-13(18-14)11-6-4-5-7-12(11)16/h4-10,15,17H,1-3H3. The number of benzene rings is 1. The van der Waals surface area contributed by atoms with Crippen molar-refractivity contribution in [3.8, 4) is 10.4 Å². The Hall–Kier alpha value is -1.19. The molecule has 0 saturated carbocycles. The van der Waals surface area contributed by atoms with Crippen molar-refractivity contribution in [1.82, 2.24) is 5.32 Å². The summed E-state index contributed by atoms with van der Waals surface area (Å²) in [7, 11) is 1.97. The highest BCUT2D eigenvalue weighted by atomic mass is 32.1. The van der Waals surface area contributed by atoms with Crippen LogP contribution in [0, 0.1) is 11.7 Å². The summed E-state index contributed by atoms with van der Waals surface area (Å²) >= 11 is 1.66. The molecular weight excluding hydrogens is 245 g/mol. The lowest BCUT2D eigenvalue weighted by Crippen LogP contribution is -2.20. The van der Waals surface area contributed by atoms with Gasteiger partial charge in [0.1, 0.15) is 5.82 Å². The fourth-order valence-corrected chi connectivity index (χ4v) is 3.45. The van der Waals surface area contributed by atoms with Crippen molar-refractivity contribution < 1.29 is 4.39 Å². The number of hydrogen-bond acceptors (Lipinski definition) is 2. The van der Waals surface area contributed by atoms with E-state index in [9.17, 15) is 4.39 Å². The van der Waals surface area contributed by atoms with Gasteiger partial charge in [-0.25, -0.2) is 4.39 Å². The molecule has 1 heterocycles. The number of nitrogens with one attached hydrogen (secondary N) is 1. The summed E-state index contributed by atoms with van der Waals surface area (Å²) < 4.78 is 13.7. The van der Waals surface area contributed by atoms with Gasteiger partial charge in [0.2, 0.25) is 0 Å². The van der Waals surface area contributed by atoms with Crippen LogP contribution in [0.2, 0.25) is 0 Å². The number of hydrogen-bond donors (Lipinski definition) is 1. The van der Waals surface area contributed by atoms with Crippen molar-refractivity contribution in [1.29, 1.82) is 0 Å². The van der Waals surface area contributed by atoms with Gasteiger partial charge in [0, 0.05) is 21.4 Å². The number of halogens is 1. The van der Waals surface area contributed by atoms with Gasteiger partial charge in [-0.05, 0) is 31.2 Å². The number of thiophene rings is 1. The van der Waals surface area contributed by atoms with Crippen molar-refractivity contribution in [2.24, 2.45) is 5.92 Å². The number of rotatable bonds is 4. The minimum Gasteiger partial charge on any atom is -0.312 e. The van der Waals surface area contributed by atoms with Gasteiger partial charge in [0.05, 0.1) is 0 Å². The Bertz CT molecular complexity index is 519. The van der Waals surface area contributed by atoms with Crippen molar-refractivity contribution in [2.75, 3.05) is 7.05 Å². The van der Waals surface area contributed by atoms with Crippen molar-refractivity contribution in [2.45, 2.75) is 19.9 Å². The van der Waals surface area contributed by atoms with Gasteiger partial charge in [-0.2, -0.15) is 0 Å². The van der Waals surface area contributed by atoms with E-state index in [-0.39, 0.29) is 5.82 Å². The molecule has 1 unspecified atom stereocenters. The van der Waals surface area contributed by atoms with Gasteiger partial charge in [0.25, 0.3) is 0 Å². The molecule has 0 radical (unpaired) electrons. The van der Waals surface area contributed by atoms with Gasteiger partial charge in [0.15, 0.2) is 0 Å². The first-order chi connectivity index (χ1) is 8.63. The molecule has 0 bridgehead atoms. The Morgan fingerprint density at radius 1 is 1.11 bits per heavy atom. The molecule has 0 aliphatic rings. The molecule has 3 heteroatoms. The molecule has 1 nitrogen and oxygen atoms in total. The highest BCUT2D eigenvalue weighted by molar-refractivity contribution is 7.15. The minimum absolute atomic E-state index is 0.156. The Morgan fingerprint density at radius 2 is 1.83 bits per heavy atom. The second kappa shape index (κ2) is 5.63. The predicted molar refractivity (Wildman–Crippen MR) is 76.4 cm³/mol. The average molecular weight is 263 g/mol. The molecule has 0 amide bonds. The largest absolute Gasteiger partial charge is 0.312 e. The maximum atomic E-state index is 13.7. The third kappa shape index (κ3) is 2.62. The van der Waals surface area contributed by atoms with Crippen molar-refractivity contribution >= 4 is 11.3 Å². The van der Waals surface area contributed by atoms with Crippen LogP contribution in [0.1, 0.15) is 24.8 Å². The minimum atomic E-state index is -0.156. The Kier molecular flexibility index (Phi) is 4.15. The van der Waals surface area contributed by atoms with E-state index < -0.39 is 0 Å². The van der Waals surface area contributed by atoms with E-state index in [4.69, 9.17) is 0 Å². The van der Waals surface area contributed by atoms with E-state index in [1.54, 1.807) is 17.4 Å². The lowest BCUT2D eigenvalue weighted by Gasteiger charge is -2.18. The molecule has 0 saturated heterocycles. The van der Waals surface area contributed by atoms with Crippen LogP contribution in [0.5, 0.6) is 0 Å². The second-order valence-corrected chi connectivity index (χ2v) is 5.81. The summed E-state index contributed by atoms with van der Waals surface area (Å²) in [5.41, 5.74) is 0.687. The molecule has 2 rings (SSSR count). The fraction of sp³-hybridized carbons (Fsp3) is 0.333. The Balaban J connectivity index is 2.34. The van der Waals surface area contributed by atoms with Crippen LogP contribution < -0.4 is 5.32 Å². The van der Waals surface area contributed by atoms with E-state index in [2.05, 4.69) is 25.2 Å². The zero-order valence-electron chi connectivity index (χ0n) is 10.9. The first-order valence-corrected chi connectivity index (χ1v) is 6.97. The quantitative estimate of drug-likeness (QED) is 0.858. The SMILES string of the molecule is CNC(c1ccc(-c2ccccc2F)s1)C(C)C. The molecule has 1 aromatic heterocycles. The molecule has 2 aromatic rings. The van der Waals surface area contributed by atoms with E-state index in [0.717, 1.165) is 4.88 Å². The molecule has 96 valence electrons. The first kappa shape index (κ1) is 13.2. The molecule has 0 spiro atoms. The molecule has 0 fully saturated rings. The van der Waals surface area contributed by atoms with E-state index >= 15 is 0 Å². The van der Waals surface area contributed by atoms with Crippen LogP contribution in [0.3, 0.4) is 0 Å². The zero-order valence-corrected chi connectivity index (χ0v) is 11.7. The van der Waals surface area contributed by atoms with Gasteiger partial charge in [-0.3, -0.25) is 0 Å². The third-order valence-corrected chi connectivity index (χ3v) is 4.25. The van der Waals surface area contributed by atoms with Crippen LogP contribution in [0.25, 0.3) is 10.4 Å². The summed E-state index contributed by atoms with van der Waals surface area (Å²) in [4.78, 5) is 2.25. The van der Waals surface area contributed by atoms with E-state index in [1.807, 2.05) is 25.2 Å². The lowest BCUT2D eigenvalue weighted by atomic mass is 10.0. The molecule has 18 heavy (non-hydrogen) atoms. The Labute approximate surface area is 112 Å². The van der Waals surface area contributed by atoms with Gasteiger partial charge >= 0.3 is 0 Å². The van der Waals surface area contributed by atoms with Crippen LogP contribution in [-0.4, -0.2) is 7.05 Å². The highest BCUT2D eigenvalue weighted by Gasteiger charge is 2.16. The highest BCUT2D eigenvalue weighted by Crippen LogP contribution is 2.34. The van der Waals surface area contributed by atoms with E-state index in [0.29, 0.717) is 17.5 Å². The molecule has 1 atom stereocenters. The third-order valence-electron chi connectivity index (χ3n) is 3.05. The van der Waals surface area contributed by atoms with E-state index in [1.165, 1.54) is 10.9 Å². The zero-order chi connectivity index (χ0) is 13.1. The predicted octanol–water partition coefficient (Wildman–Crippen LogP) is 4.47. The first-order valence-electron chi connectivity index (χ1n) is 6.15. The topological polar surface area (TPSA) is 12.0 Å². The van der Waals surface area contributed by atoms with Gasteiger partial charge in [-0.1, -0.05) is 32.0 Å². The molecule has 1 aromatic carbocycles. The molecule has 0 aliphatic carbocycles. The molecule has 0 aliphatic heterocycles. The van der Waals surface area contributed by atoms with Crippen LogP contribution in [0.15, 0.2) is 36.4 Å². The summed E-state index contributed by atoms with van der Waals surface area (Å²) in [6, 6.07) is 11.4. The summed E-state index contributed by atoms with van der Waals surface area (Å²) in [6.45, 7) is 4.37. The lowest BCUT2D eigenvalue weighted by molar-refractivity contribution is 0.449. The maximum Gasteiger partial charge on any atom is 0.131 e. The van der Waals surface area contributed by atoms with Crippen LogP contribution >= 0.6 is 11.3 Å². The summed E-state index contributed by atoms with van der Waals surface area (Å²) in [6.07, 6.45) is 0. The van der Waals surface area contributed by atoms with Crippen LogP contribution in [0.4, 0.5) is 4.39 Å². The molecular formula is C15H18FNS. The summed E-state index contributed by atoms with van der Waals surface area (Å²) in [5.74, 6) is 0.360. The second-order valence-electron chi connectivity index (χ2n) is 4.69. The van der Waals surface area contributed by atoms with Crippen molar-refractivity contribution in [3.63, 3.8) is 0 Å². The van der Waals surface area contributed by atoms with Crippen molar-refractivity contribution in [3.05, 3.63) is 47.1 Å². The normalized spacial score (nSPS) is 12.9. The maximum absolute atomic E-state index is 13.7. The summed E-state index contributed by atoms with van der Waals surface area (Å²) in [5, 5.41) is 3.31. The smallest absolute Gasteiger partial charge is 0.131 e. The Morgan fingerprint density at radius 3 is 2.44 bits per heavy atom. The average Bonchev–Trinajstić information content (AvgIpc) is 2.79. The monoisotopic (exact) mass is 263 g/mol. The van der Waals surface area contributed by atoms with Gasteiger partial charge in [-0.15, -0.1) is 11.3 Å². The van der Waals surface area contributed by atoms with Crippen LogP contribution in [-0.2, 0) is 0 Å². The fourth-order valence-electron chi connectivity index (χ4n) is 2.13. The van der Waals surface area contributed by atoms with Gasteiger partial charge < -0.3 is 5.32 Å². The molecule has 1 N–H and O–H groups in total.